The fourth-order valence-corrected chi connectivity index (χ4v) is 2.85. The number of aliphatic hydroxyl groups excluding tert-OH is 1. The first-order valence-electron chi connectivity index (χ1n) is 5.11. The number of likely N-dealkylation sites (tertiary alicyclic amines) is 1. The first kappa shape index (κ1) is 8.52. The van der Waals surface area contributed by atoms with Crippen molar-refractivity contribution in [1.29, 1.82) is 0 Å². The van der Waals surface area contributed by atoms with Crippen LogP contribution in [0.1, 0.15) is 32.6 Å². The molecule has 1 saturated heterocycles. The lowest BCUT2D eigenvalue weighted by Crippen LogP contribution is -2.56. The van der Waals surface area contributed by atoms with Gasteiger partial charge in [-0.05, 0) is 25.2 Å². The van der Waals surface area contributed by atoms with Gasteiger partial charge in [0.25, 0.3) is 0 Å². The van der Waals surface area contributed by atoms with Gasteiger partial charge in [-0.15, -0.1) is 0 Å². The molecule has 0 amide bonds. The Bertz CT molecular complexity index is 153. The average Bonchev–Trinajstić information content (AvgIpc) is 2.33. The van der Waals surface area contributed by atoms with Crippen LogP contribution in [0.3, 0.4) is 0 Å². The molecule has 1 atom stereocenters. The lowest BCUT2D eigenvalue weighted by Gasteiger charge is -2.48. The van der Waals surface area contributed by atoms with Crippen molar-refractivity contribution in [1.82, 2.24) is 4.90 Å². The summed E-state index contributed by atoms with van der Waals surface area (Å²) < 4.78 is 0. The van der Waals surface area contributed by atoms with Crippen molar-refractivity contribution in [3.8, 4) is 0 Å². The molecule has 2 rings (SSSR count). The molecule has 70 valence electrons. The summed E-state index contributed by atoms with van der Waals surface area (Å²) >= 11 is 0. The van der Waals surface area contributed by atoms with Crippen molar-refractivity contribution in [2.24, 2.45) is 5.41 Å². The molecule has 0 bridgehead atoms. The summed E-state index contributed by atoms with van der Waals surface area (Å²) in [6.07, 6.45) is 5.58. The SMILES string of the molecule is CC(O)CN1CC2(CCCC2)C1. The Morgan fingerprint density at radius 1 is 1.33 bits per heavy atom. The first-order chi connectivity index (χ1) is 5.70. The van der Waals surface area contributed by atoms with Crippen LogP contribution in [-0.2, 0) is 0 Å². The molecule has 1 saturated carbocycles. The van der Waals surface area contributed by atoms with E-state index in [-0.39, 0.29) is 6.10 Å². The van der Waals surface area contributed by atoms with Crippen molar-refractivity contribution >= 4 is 0 Å². The van der Waals surface area contributed by atoms with E-state index < -0.39 is 0 Å². The molecule has 1 aliphatic carbocycles. The molecule has 1 unspecified atom stereocenters. The lowest BCUT2D eigenvalue weighted by molar-refractivity contribution is -0.0196. The highest BCUT2D eigenvalue weighted by Crippen LogP contribution is 2.45. The number of nitrogens with zero attached hydrogens (tertiary/aromatic N) is 1. The van der Waals surface area contributed by atoms with Gasteiger partial charge in [0.2, 0.25) is 0 Å². The molecule has 1 aliphatic heterocycles. The second kappa shape index (κ2) is 3.00. The Morgan fingerprint density at radius 2 is 1.92 bits per heavy atom. The van der Waals surface area contributed by atoms with Crippen molar-refractivity contribution < 1.29 is 5.11 Å². The molecular formula is C10H19NO. The van der Waals surface area contributed by atoms with Gasteiger partial charge in [0.1, 0.15) is 0 Å². The van der Waals surface area contributed by atoms with Gasteiger partial charge in [0, 0.05) is 19.6 Å². The van der Waals surface area contributed by atoms with Crippen LogP contribution in [0.25, 0.3) is 0 Å². The van der Waals surface area contributed by atoms with Crippen molar-refractivity contribution in [3.05, 3.63) is 0 Å². The third-order valence-electron chi connectivity index (χ3n) is 3.30. The fraction of sp³-hybridized carbons (Fsp3) is 1.00. The van der Waals surface area contributed by atoms with Crippen LogP contribution in [0.2, 0.25) is 0 Å². The van der Waals surface area contributed by atoms with Gasteiger partial charge in [-0.3, -0.25) is 4.90 Å². The average molecular weight is 169 g/mol. The Kier molecular flexibility index (Phi) is 2.13. The minimum absolute atomic E-state index is 0.149. The van der Waals surface area contributed by atoms with Gasteiger partial charge in [0.05, 0.1) is 6.10 Å². The van der Waals surface area contributed by atoms with Crippen molar-refractivity contribution in [2.45, 2.75) is 38.7 Å². The van der Waals surface area contributed by atoms with Gasteiger partial charge in [0.15, 0.2) is 0 Å². The summed E-state index contributed by atoms with van der Waals surface area (Å²) in [5.41, 5.74) is 0.689. The summed E-state index contributed by atoms with van der Waals surface area (Å²) in [6.45, 7) is 5.25. The molecule has 0 aromatic heterocycles. The van der Waals surface area contributed by atoms with Crippen LogP contribution in [0, 0.1) is 5.41 Å². The molecule has 0 aromatic carbocycles. The molecule has 2 nitrogen and oxygen atoms in total. The van der Waals surface area contributed by atoms with Crippen molar-refractivity contribution in [2.75, 3.05) is 19.6 Å². The van der Waals surface area contributed by atoms with Crippen LogP contribution in [-0.4, -0.2) is 35.7 Å². The van der Waals surface area contributed by atoms with Gasteiger partial charge in [-0.25, -0.2) is 0 Å². The van der Waals surface area contributed by atoms with E-state index in [1.165, 1.54) is 38.8 Å². The Hall–Kier alpha value is -0.0800. The highest BCUT2D eigenvalue weighted by Gasteiger charge is 2.44. The highest BCUT2D eigenvalue weighted by molar-refractivity contribution is 4.97. The normalized spacial score (nSPS) is 30.5. The largest absolute Gasteiger partial charge is 0.392 e. The van der Waals surface area contributed by atoms with E-state index in [4.69, 9.17) is 0 Å². The van der Waals surface area contributed by atoms with Crippen LogP contribution < -0.4 is 0 Å². The number of β-amino-alcohol motifs (C(OH)–C–C–N with tert-alkyl or cyclic N) is 1. The molecule has 1 heterocycles. The van der Waals surface area contributed by atoms with E-state index in [2.05, 4.69) is 4.90 Å². The van der Waals surface area contributed by atoms with E-state index >= 15 is 0 Å². The van der Waals surface area contributed by atoms with Gasteiger partial charge >= 0.3 is 0 Å². The quantitative estimate of drug-likeness (QED) is 0.672. The fourth-order valence-electron chi connectivity index (χ4n) is 2.85. The lowest BCUT2D eigenvalue weighted by atomic mass is 9.78. The summed E-state index contributed by atoms with van der Waals surface area (Å²) in [5, 5.41) is 9.18. The zero-order chi connectivity index (χ0) is 8.60. The molecule has 1 N–H and O–H groups in total. The molecule has 1 spiro atoms. The van der Waals surface area contributed by atoms with Gasteiger partial charge in [-0.2, -0.15) is 0 Å². The van der Waals surface area contributed by atoms with Crippen LogP contribution in [0.5, 0.6) is 0 Å². The Balaban J connectivity index is 1.75. The third kappa shape index (κ3) is 1.50. The first-order valence-corrected chi connectivity index (χ1v) is 5.11. The van der Waals surface area contributed by atoms with E-state index in [0.717, 1.165) is 6.54 Å². The number of aliphatic hydroxyl groups is 1. The Morgan fingerprint density at radius 3 is 2.42 bits per heavy atom. The monoisotopic (exact) mass is 169 g/mol. The minimum atomic E-state index is -0.149. The van der Waals surface area contributed by atoms with Crippen molar-refractivity contribution in [3.63, 3.8) is 0 Å². The zero-order valence-electron chi connectivity index (χ0n) is 7.92. The summed E-state index contributed by atoms with van der Waals surface area (Å²) in [5.74, 6) is 0. The molecule has 12 heavy (non-hydrogen) atoms. The number of rotatable bonds is 2. The second-order valence-corrected chi connectivity index (χ2v) is 4.73. The zero-order valence-corrected chi connectivity index (χ0v) is 7.92. The van der Waals surface area contributed by atoms with E-state index in [1.807, 2.05) is 6.92 Å². The number of hydrogen-bond acceptors (Lipinski definition) is 2. The summed E-state index contributed by atoms with van der Waals surface area (Å²) in [7, 11) is 0. The van der Waals surface area contributed by atoms with Gasteiger partial charge < -0.3 is 5.11 Å². The predicted octanol–water partition coefficient (Wildman–Crippen LogP) is 1.24. The van der Waals surface area contributed by atoms with Crippen LogP contribution >= 0.6 is 0 Å². The van der Waals surface area contributed by atoms with Crippen LogP contribution in [0.4, 0.5) is 0 Å². The molecule has 2 aliphatic rings. The highest BCUT2D eigenvalue weighted by atomic mass is 16.3. The third-order valence-corrected chi connectivity index (χ3v) is 3.30. The van der Waals surface area contributed by atoms with E-state index in [1.54, 1.807) is 0 Å². The maximum Gasteiger partial charge on any atom is 0.0639 e. The summed E-state index contributed by atoms with van der Waals surface area (Å²) in [6, 6.07) is 0. The molecule has 2 heteroatoms. The standard InChI is InChI=1S/C10H19NO/c1-9(12)6-11-7-10(8-11)4-2-3-5-10/h9,12H,2-8H2,1H3. The number of hydrogen-bond donors (Lipinski definition) is 1. The molecular weight excluding hydrogens is 150 g/mol. The topological polar surface area (TPSA) is 23.5 Å². The molecule has 0 aromatic rings. The summed E-state index contributed by atoms with van der Waals surface area (Å²) in [4.78, 5) is 2.38. The Labute approximate surface area is 74.6 Å². The molecule has 2 fully saturated rings. The molecule has 0 radical (unpaired) electrons. The van der Waals surface area contributed by atoms with Gasteiger partial charge in [-0.1, -0.05) is 12.8 Å². The van der Waals surface area contributed by atoms with E-state index in [0.29, 0.717) is 5.41 Å². The maximum absolute atomic E-state index is 9.18. The maximum atomic E-state index is 9.18. The minimum Gasteiger partial charge on any atom is -0.392 e. The smallest absolute Gasteiger partial charge is 0.0639 e. The predicted molar refractivity (Wildman–Crippen MR) is 49.0 cm³/mol. The van der Waals surface area contributed by atoms with Crippen LogP contribution in [0.15, 0.2) is 0 Å². The second-order valence-electron chi connectivity index (χ2n) is 4.73. The van der Waals surface area contributed by atoms with E-state index in [9.17, 15) is 5.11 Å².